The third-order valence-corrected chi connectivity index (χ3v) is 7.79. The SMILES string of the molecule is C#CCOc1ccc(Br)cc1/C=c1/sc2n(c1=O)[C@@H](c1ccc(Cl)cc1)C(C(=O)N(CC)CC)=C(C)N=2. The van der Waals surface area contributed by atoms with Crippen LogP contribution in [0.4, 0.5) is 0 Å². The largest absolute Gasteiger partial charge is 0.480 e. The van der Waals surface area contributed by atoms with Crippen molar-refractivity contribution in [3.63, 3.8) is 0 Å². The van der Waals surface area contributed by atoms with Crippen LogP contribution >= 0.6 is 38.9 Å². The van der Waals surface area contributed by atoms with E-state index in [-0.39, 0.29) is 18.1 Å². The first kappa shape index (κ1) is 26.9. The molecule has 6 nitrogen and oxygen atoms in total. The van der Waals surface area contributed by atoms with Crippen LogP contribution in [0.1, 0.15) is 37.9 Å². The number of fused-ring (bicyclic) bond motifs is 1. The molecule has 1 aliphatic rings. The molecule has 2 heterocycles. The van der Waals surface area contributed by atoms with Crippen molar-refractivity contribution in [2.45, 2.75) is 26.8 Å². The highest BCUT2D eigenvalue weighted by atomic mass is 79.9. The van der Waals surface area contributed by atoms with E-state index in [1.54, 1.807) is 33.7 Å². The minimum Gasteiger partial charge on any atom is -0.480 e. The molecule has 2 aromatic carbocycles. The van der Waals surface area contributed by atoms with E-state index in [0.29, 0.717) is 50.0 Å². The summed E-state index contributed by atoms with van der Waals surface area (Å²) in [6.45, 7) is 6.89. The number of hydrogen-bond donors (Lipinski definition) is 0. The molecular formula is C28H25BrClN3O3S. The first-order chi connectivity index (χ1) is 17.8. The molecule has 190 valence electrons. The summed E-state index contributed by atoms with van der Waals surface area (Å²) in [5, 5.41) is 0.572. The van der Waals surface area contributed by atoms with Crippen molar-refractivity contribution >= 4 is 50.9 Å². The Balaban J connectivity index is 1.95. The summed E-state index contributed by atoms with van der Waals surface area (Å²) in [6, 6.07) is 12.1. The Morgan fingerprint density at radius 1 is 1.27 bits per heavy atom. The zero-order valence-corrected chi connectivity index (χ0v) is 23.8. The highest BCUT2D eigenvalue weighted by Gasteiger charge is 2.34. The van der Waals surface area contributed by atoms with Crippen LogP contribution in [-0.4, -0.2) is 35.1 Å². The number of nitrogens with zero attached hydrogens (tertiary/aromatic N) is 3. The van der Waals surface area contributed by atoms with Crippen molar-refractivity contribution in [1.29, 1.82) is 0 Å². The monoisotopic (exact) mass is 597 g/mol. The average Bonchev–Trinajstić information content (AvgIpc) is 3.18. The number of thiazole rings is 1. The first-order valence-corrected chi connectivity index (χ1v) is 13.7. The lowest BCUT2D eigenvalue weighted by molar-refractivity contribution is -0.127. The molecule has 1 atom stereocenters. The minimum atomic E-state index is -0.636. The number of halogens is 2. The fraction of sp³-hybridized carbons (Fsp3) is 0.250. The fourth-order valence-electron chi connectivity index (χ4n) is 4.26. The van der Waals surface area contributed by atoms with E-state index in [1.807, 2.05) is 45.0 Å². The van der Waals surface area contributed by atoms with Gasteiger partial charge in [0.05, 0.1) is 21.8 Å². The van der Waals surface area contributed by atoms with Crippen LogP contribution in [0.3, 0.4) is 0 Å². The lowest BCUT2D eigenvalue weighted by atomic mass is 9.94. The molecule has 0 fully saturated rings. The third-order valence-electron chi connectivity index (χ3n) is 6.06. The molecule has 0 unspecified atom stereocenters. The van der Waals surface area contributed by atoms with Crippen molar-refractivity contribution in [3.05, 3.63) is 94.0 Å². The van der Waals surface area contributed by atoms with Crippen LogP contribution in [-0.2, 0) is 4.79 Å². The molecule has 0 saturated carbocycles. The smallest absolute Gasteiger partial charge is 0.271 e. The Kier molecular flexibility index (Phi) is 8.38. The number of ether oxygens (including phenoxy) is 1. The lowest BCUT2D eigenvalue weighted by Crippen LogP contribution is -2.43. The van der Waals surface area contributed by atoms with Gasteiger partial charge in [-0.25, -0.2) is 4.99 Å². The topological polar surface area (TPSA) is 63.9 Å². The van der Waals surface area contributed by atoms with Crippen LogP contribution in [0.15, 0.2) is 68.0 Å². The van der Waals surface area contributed by atoms with Gasteiger partial charge in [0, 0.05) is 28.1 Å². The van der Waals surface area contributed by atoms with Crippen LogP contribution in [0.2, 0.25) is 5.02 Å². The Hall–Kier alpha value is -3.12. The molecular weight excluding hydrogens is 574 g/mol. The molecule has 1 amide bonds. The third kappa shape index (κ3) is 5.45. The van der Waals surface area contributed by atoms with Crippen LogP contribution in [0.5, 0.6) is 5.75 Å². The summed E-state index contributed by atoms with van der Waals surface area (Å²) in [4.78, 5) is 34.5. The van der Waals surface area contributed by atoms with Gasteiger partial charge in [-0.2, -0.15) is 0 Å². The van der Waals surface area contributed by atoms with E-state index < -0.39 is 6.04 Å². The molecule has 0 N–H and O–H groups in total. The van der Waals surface area contributed by atoms with Gasteiger partial charge in [-0.1, -0.05) is 56.9 Å². The van der Waals surface area contributed by atoms with Gasteiger partial charge in [0.15, 0.2) is 4.80 Å². The van der Waals surface area contributed by atoms with Crippen molar-refractivity contribution in [2.24, 2.45) is 4.99 Å². The van der Waals surface area contributed by atoms with Crippen molar-refractivity contribution < 1.29 is 9.53 Å². The number of hydrogen-bond acceptors (Lipinski definition) is 5. The predicted molar refractivity (Wildman–Crippen MR) is 152 cm³/mol. The summed E-state index contributed by atoms with van der Waals surface area (Å²) in [5.41, 5.74) is 2.30. The zero-order chi connectivity index (χ0) is 26.7. The molecule has 0 bridgehead atoms. The number of amides is 1. The lowest BCUT2D eigenvalue weighted by Gasteiger charge is -2.29. The molecule has 0 aliphatic carbocycles. The van der Waals surface area contributed by atoms with Gasteiger partial charge in [-0.05, 0) is 62.7 Å². The summed E-state index contributed by atoms with van der Waals surface area (Å²) in [7, 11) is 0. The van der Waals surface area contributed by atoms with Crippen LogP contribution in [0.25, 0.3) is 6.08 Å². The van der Waals surface area contributed by atoms with E-state index >= 15 is 0 Å². The zero-order valence-electron chi connectivity index (χ0n) is 20.6. The number of carbonyl (C=O) groups excluding carboxylic acids is 1. The first-order valence-electron chi connectivity index (χ1n) is 11.7. The molecule has 4 rings (SSSR count). The Bertz CT molecular complexity index is 1600. The maximum absolute atomic E-state index is 13.9. The maximum atomic E-state index is 13.9. The molecule has 1 aliphatic heterocycles. The molecule has 0 spiro atoms. The van der Waals surface area contributed by atoms with E-state index in [1.165, 1.54) is 11.3 Å². The molecule has 37 heavy (non-hydrogen) atoms. The summed E-state index contributed by atoms with van der Waals surface area (Å²) in [5.74, 6) is 2.89. The van der Waals surface area contributed by atoms with E-state index in [4.69, 9.17) is 27.8 Å². The second kappa shape index (κ2) is 11.5. The number of carbonyl (C=O) groups is 1. The maximum Gasteiger partial charge on any atom is 0.271 e. The van der Waals surface area contributed by atoms with Gasteiger partial charge < -0.3 is 9.64 Å². The normalized spacial score (nSPS) is 15.1. The van der Waals surface area contributed by atoms with Gasteiger partial charge in [0.25, 0.3) is 11.5 Å². The second-order valence-electron chi connectivity index (χ2n) is 8.29. The van der Waals surface area contributed by atoms with Crippen molar-refractivity contribution in [1.82, 2.24) is 9.47 Å². The molecule has 3 aromatic rings. The van der Waals surface area contributed by atoms with Crippen molar-refractivity contribution in [2.75, 3.05) is 19.7 Å². The van der Waals surface area contributed by atoms with Gasteiger partial charge in [-0.3, -0.25) is 14.2 Å². The predicted octanol–water partition coefficient (Wildman–Crippen LogP) is 4.53. The van der Waals surface area contributed by atoms with E-state index in [2.05, 4.69) is 21.9 Å². The minimum absolute atomic E-state index is 0.107. The summed E-state index contributed by atoms with van der Waals surface area (Å²) in [6.07, 6.45) is 7.14. The fourth-order valence-corrected chi connectivity index (χ4v) is 5.80. The van der Waals surface area contributed by atoms with Gasteiger partial charge in [0.2, 0.25) is 0 Å². The van der Waals surface area contributed by atoms with Gasteiger partial charge >= 0.3 is 0 Å². The number of aromatic nitrogens is 1. The summed E-state index contributed by atoms with van der Waals surface area (Å²) >= 11 is 10.9. The van der Waals surface area contributed by atoms with E-state index in [9.17, 15) is 9.59 Å². The Labute approximate surface area is 232 Å². The standard InChI is InChI=1S/C28H25BrClN3O3S/c1-5-14-36-22-13-10-20(29)15-19(22)16-23-26(34)33-25(18-8-11-21(30)12-9-18)24(17(4)31-28(33)37-23)27(35)32(6-2)7-3/h1,8-13,15-16,25H,6-7,14H2,2-4H3/b23-16+/t25-/m0/s1. The average molecular weight is 599 g/mol. The molecule has 9 heteroatoms. The van der Waals surface area contributed by atoms with Gasteiger partial charge in [-0.15, -0.1) is 6.42 Å². The Morgan fingerprint density at radius 3 is 2.62 bits per heavy atom. The highest BCUT2D eigenvalue weighted by Crippen LogP contribution is 2.32. The van der Waals surface area contributed by atoms with Crippen molar-refractivity contribution in [3.8, 4) is 18.1 Å². The number of allylic oxidation sites excluding steroid dienone is 1. The number of rotatable bonds is 7. The van der Waals surface area contributed by atoms with Crippen LogP contribution in [0, 0.1) is 12.3 Å². The number of likely N-dealkylation sites (N-methyl/N-ethyl adjacent to an activating group) is 1. The Morgan fingerprint density at radius 2 is 1.97 bits per heavy atom. The van der Waals surface area contributed by atoms with Gasteiger partial charge in [0.1, 0.15) is 12.4 Å². The quantitative estimate of drug-likeness (QED) is 0.376. The van der Waals surface area contributed by atoms with E-state index in [0.717, 1.165) is 10.0 Å². The second-order valence-corrected chi connectivity index (χ2v) is 10.6. The molecule has 1 aromatic heterocycles. The highest BCUT2D eigenvalue weighted by molar-refractivity contribution is 9.10. The van der Waals surface area contributed by atoms with Crippen LogP contribution < -0.4 is 19.6 Å². The molecule has 0 saturated heterocycles. The number of benzene rings is 2. The molecule has 0 radical (unpaired) electrons. The number of terminal acetylenes is 1. The summed E-state index contributed by atoms with van der Waals surface area (Å²) < 4.78 is 8.59.